The first kappa shape index (κ1) is 19.3. The molecule has 0 bridgehead atoms. The third-order valence-electron chi connectivity index (χ3n) is 4.89. The van der Waals surface area contributed by atoms with Crippen molar-refractivity contribution >= 4 is 17.4 Å². The van der Waals surface area contributed by atoms with E-state index in [2.05, 4.69) is 12.1 Å². The summed E-state index contributed by atoms with van der Waals surface area (Å²) < 4.78 is 0. The van der Waals surface area contributed by atoms with Crippen LogP contribution in [-0.4, -0.2) is 11.8 Å². The molecule has 0 spiro atoms. The second-order valence-electron chi connectivity index (χ2n) is 7.15. The molecule has 0 heterocycles. The van der Waals surface area contributed by atoms with Gasteiger partial charge in [-0.15, -0.1) is 0 Å². The van der Waals surface area contributed by atoms with Crippen molar-refractivity contribution in [2.75, 3.05) is 0 Å². The Morgan fingerprint density at radius 2 is 1.26 bits per heavy atom. The molecule has 2 nitrogen and oxygen atoms in total. The van der Waals surface area contributed by atoms with Crippen molar-refractivity contribution in [2.24, 2.45) is 11.7 Å². The minimum Gasteiger partial charge on any atom is -0.321 e. The molecule has 0 aromatic heterocycles. The molecule has 0 aliphatic carbocycles. The lowest BCUT2D eigenvalue weighted by Gasteiger charge is -2.20. The summed E-state index contributed by atoms with van der Waals surface area (Å²) in [6.07, 6.45) is 0. The van der Waals surface area contributed by atoms with Gasteiger partial charge in [0.05, 0.1) is 6.04 Å². The van der Waals surface area contributed by atoms with Gasteiger partial charge in [0.15, 0.2) is 5.78 Å². The molecule has 0 fully saturated rings. The van der Waals surface area contributed by atoms with E-state index >= 15 is 0 Å². The van der Waals surface area contributed by atoms with Crippen LogP contribution in [0.5, 0.6) is 0 Å². The summed E-state index contributed by atoms with van der Waals surface area (Å²) in [6.45, 7) is 3.92. The fourth-order valence-electron chi connectivity index (χ4n) is 3.21. The van der Waals surface area contributed by atoms with Gasteiger partial charge in [-0.05, 0) is 34.7 Å². The monoisotopic (exact) mass is 377 g/mol. The molecule has 138 valence electrons. The Labute approximate surface area is 166 Å². The second-order valence-corrected chi connectivity index (χ2v) is 7.59. The molecule has 27 heavy (non-hydrogen) atoms. The van der Waals surface area contributed by atoms with Gasteiger partial charge < -0.3 is 5.73 Å². The molecule has 0 aliphatic rings. The highest BCUT2D eigenvalue weighted by molar-refractivity contribution is 6.30. The second kappa shape index (κ2) is 8.51. The van der Waals surface area contributed by atoms with Crippen molar-refractivity contribution in [2.45, 2.75) is 25.8 Å². The number of nitrogens with two attached hydrogens (primary N) is 1. The lowest BCUT2D eigenvalue weighted by molar-refractivity contribution is 0.0940. The van der Waals surface area contributed by atoms with Gasteiger partial charge in [0.1, 0.15) is 0 Å². The molecule has 3 rings (SSSR count). The standard InChI is InChI=1S/C24H24ClNO/c1-16(2)23(26)24(27)20-10-8-18(9-11-20)22(17-6-4-3-5-7-17)19-12-14-21(25)15-13-19/h3-16,22-23H,26H2,1-2H3/t22?,23-/m0/s1. The molecule has 0 amide bonds. The average Bonchev–Trinajstić information content (AvgIpc) is 2.70. The smallest absolute Gasteiger partial charge is 0.179 e. The fourth-order valence-corrected chi connectivity index (χ4v) is 3.34. The third kappa shape index (κ3) is 4.47. The molecular weight excluding hydrogens is 354 g/mol. The maximum atomic E-state index is 12.5. The van der Waals surface area contributed by atoms with Crippen molar-refractivity contribution < 1.29 is 4.79 Å². The topological polar surface area (TPSA) is 43.1 Å². The normalized spacial score (nSPS) is 13.4. The number of carbonyl (C=O) groups excluding carboxylic acids is 1. The molecule has 1 unspecified atom stereocenters. The summed E-state index contributed by atoms with van der Waals surface area (Å²) in [5, 5.41) is 0.717. The summed E-state index contributed by atoms with van der Waals surface area (Å²) in [6, 6.07) is 25.6. The molecule has 2 N–H and O–H groups in total. The van der Waals surface area contributed by atoms with E-state index in [1.54, 1.807) is 0 Å². The Kier molecular flexibility index (Phi) is 6.10. The van der Waals surface area contributed by atoms with Crippen molar-refractivity contribution in [1.29, 1.82) is 0 Å². The number of halogens is 1. The van der Waals surface area contributed by atoms with E-state index in [9.17, 15) is 4.79 Å². The van der Waals surface area contributed by atoms with Gasteiger partial charge in [-0.1, -0.05) is 92.2 Å². The Bertz CT molecular complexity index is 886. The van der Waals surface area contributed by atoms with E-state index in [-0.39, 0.29) is 17.6 Å². The quantitative estimate of drug-likeness (QED) is 0.443. The number of hydrogen-bond donors (Lipinski definition) is 1. The molecule has 3 aromatic carbocycles. The van der Waals surface area contributed by atoms with Crippen LogP contribution in [0.15, 0.2) is 78.9 Å². The highest BCUT2D eigenvalue weighted by atomic mass is 35.5. The Hall–Kier alpha value is -2.42. The summed E-state index contributed by atoms with van der Waals surface area (Å²) >= 11 is 6.07. The number of ketones is 1. The van der Waals surface area contributed by atoms with Crippen molar-refractivity contribution in [3.05, 3.63) is 106 Å². The summed E-state index contributed by atoms with van der Waals surface area (Å²) in [7, 11) is 0. The van der Waals surface area contributed by atoms with E-state index in [1.807, 2.05) is 80.6 Å². The number of Topliss-reactive ketones (excluding diaryl/α,β-unsaturated/α-hetero) is 1. The predicted molar refractivity (Wildman–Crippen MR) is 112 cm³/mol. The number of carbonyl (C=O) groups is 1. The molecule has 0 saturated carbocycles. The van der Waals surface area contributed by atoms with Gasteiger partial charge in [-0.25, -0.2) is 0 Å². The number of rotatable bonds is 6. The van der Waals surface area contributed by atoms with Crippen LogP contribution in [0.3, 0.4) is 0 Å². The van der Waals surface area contributed by atoms with Gasteiger partial charge in [-0.3, -0.25) is 4.79 Å². The van der Waals surface area contributed by atoms with Crippen LogP contribution >= 0.6 is 11.6 Å². The predicted octanol–water partition coefficient (Wildman–Crippen LogP) is 5.69. The molecule has 2 atom stereocenters. The van der Waals surface area contributed by atoms with Crippen LogP contribution < -0.4 is 5.73 Å². The minimum atomic E-state index is -0.475. The maximum Gasteiger partial charge on any atom is 0.179 e. The molecule has 3 heteroatoms. The highest BCUT2D eigenvalue weighted by Gasteiger charge is 2.21. The van der Waals surface area contributed by atoms with Crippen LogP contribution in [0.1, 0.15) is 46.8 Å². The first-order chi connectivity index (χ1) is 13.0. The Morgan fingerprint density at radius 3 is 1.78 bits per heavy atom. The van der Waals surface area contributed by atoms with E-state index in [0.29, 0.717) is 10.6 Å². The first-order valence-corrected chi connectivity index (χ1v) is 9.55. The van der Waals surface area contributed by atoms with Crippen LogP contribution in [0.25, 0.3) is 0 Å². The van der Waals surface area contributed by atoms with Crippen LogP contribution in [0.2, 0.25) is 5.02 Å². The van der Waals surface area contributed by atoms with Crippen molar-refractivity contribution in [3.8, 4) is 0 Å². The van der Waals surface area contributed by atoms with Gasteiger partial charge in [0.25, 0.3) is 0 Å². The molecule has 3 aromatic rings. The molecule has 0 aliphatic heterocycles. The minimum absolute atomic E-state index is 0.0145. The Morgan fingerprint density at radius 1 is 0.778 bits per heavy atom. The van der Waals surface area contributed by atoms with Crippen LogP contribution in [-0.2, 0) is 0 Å². The zero-order valence-electron chi connectivity index (χ0n) is 15.6. The van der Waals surface area contributed by atoms with Crippen molar-refractivity contribution in [1.82, 2.24) is 0 Å². The number of hydrogen-bond acceptors (Lipinski definition) is 2. The van der Waals surface area contributed by atoms with Gasteiger partial charge in [-0.2, -0.15) is 0 Å². The van der Waals surface area contributed by atoms with Gasteiger partial charge >= 0.3 is 0 Å². The first-order valence-electron chi connectivity index (χ1n) is 9.17. The summed E-state index contributed by atoms with van der Waals surface area (Å²) in [4.78, 5) is 12.5. The lowest BCUT2D eigenvalue weighted by atomic mass is 9.84. The molecular formula is C24H24ClNO. The van der Waals surface area contributed by atoms with E-state index in [4.69, 9.17) is 17.3 Å². The zero-order valence-corrected chi connectivity index (χ0v) is 16.4. The summed E-state index contributed by atoms with van der Waals surface area (Å²) in [5.74, 6) is 0.175. The molecule has 0 radical (unpaired) electrons. The third-order valence-corrected chi connectivity index (χ3v) is 5.14. The van der Waals surface area contributed by atoms with Gasteiger partial charge in [0, 0.05) is 16.5 Å². The summed E-state index contributed by atoms with van der Waals surface area (Å²) in [5.41, 5.74) is 10.2. The van der Waals surface area contributed by atoms with Gasteiger partial charge in [0.2, 0.25) is 0 Å². The largest absolute Gasteiger partial charge is 0.321 e. The zero-order chi connectivity index (χ0) is 19.4. The van der Waals surface area contributed by atoms with E-state index < -0.39 is 6.04 Å². The molecule has 0 saturated heterocycles. The highest BCUT2D eigenvalue weighted by Crippen LogP contribution is 2.32. The lowest BCUT2D eigenvalue weighted by Crippen LogP contribution is -2.35. The van der Waals surface area contributed by atoms with Crippen molar-refractivity contribution in [3.63, 3.8) is 0 Å². The van der Waals surface area contributed by atoms with E-state index in [0.717, 1.165) is 11.1 Å². The van der Waals surface area contributed by atoms with Crippen LogP contribution in [0.4, 0.5) is 0 Å². The SMILES string of the molecule is CC(C)[C@H](N)C(=O)c1ccc(C(c2ccccc2)c2ccc(Cl)cc2)cc1. The van der Waals surface area contributed by atoms with E-state index in [1.165, 1.54) is 5.56 Å². The average molecular weight is 378 g/mol. The Balaban J connectivity index is 1.98. The van der Waals surface area contributed by atoms with Crippen LogP contribution in [0, 0.1) is 5.92 Å². The fraction of sp³-hybridized carbons (Fsp3) is 0.208. The maximum absolute atomic E-state index is 12.5. The number of benzene rings is 3.